The summed E-state index contributed by atoms with van der Waals surface area (Å²) in [7, 11) is 0. The van der Waals surface area contributed by atoms with Gasteiger partial charge in [0.15, 0.2) is 0 Å². The highest BCUT2D eigenvalue weighted by Crippen LogP contribution is 1.99. The Morgan fingerprint density at radius 2 is 1.03 bits per heavy atom. The monoisotopic (exact) mass is 432 g/mol. The molecule has 0 aliphatic carbocycles. The van der Waals surface area contributed by atoms with Gasteiger partial charge in [0.05, 0.1) is 13.2 Å². The molecule has 0 aromatic rings. The topological polar surface area (TPSA) is 134 Å². The van der Waals surface area contributed by atoms with E-state index in [0.717, 1.165) is 25.7 Å². The SMILES string of the molecule is CCC/C=C/CCC(=O)OCC(O)CO.CCC/C=C\CCC(=O)OCC(O)CO. The van der Waals surface area contributed by atoms with Crippen LogP contribution in [0.4, 0.5) is 0 Å². The Kier molecular flexibility index (Phi) is 23.9. The number of rotatable bonds is 16. The number of carbonyl (C=O) groups is 2. The molecule has 176 valence electrons. The first-order chi connectivity index (χ1) is 14.4. The molecule has 0 spiro atoms. The summed E-state index contributed by atoms with van der Waals surface area (Å²) in [5, 5.41) is 34.8. The molecule has 0 bridgehead atoms. The quantitative estimate of drug-likeness (QED) is 0.215. The fourth-order valence-electron chi connectivity index (χ4n) is 1.84. The van der Waals surface area contributed by atoms with E-state index < -0.39 is 12.2 Å². The zero-order valence-corrected chi connectivity index (χ0v) is 18.4. The van der Waals surface area contributed by atoms with Crippen LogP contribution in [0.2, 0.25) is 0 Å². The van der Waals surface area contributed by atoms with Gasteiger partial charge in [-0.15, -0.1) is 0 Å². The largest absolute Gasteiger partial charge is 0.463 e. The van der Waals surface area contributed by atoms with Gasteiger partial charge >= 0.3 is 11.9 Å². The number of unbranched alkanes of at least 4 members (excludes halogenated alkanes) is 2. The average Bonchev–Trinajstić information content (AvgIpc) is 2.75. The molecule has 8 nitrogen and oxygen atoms in total. The Morgan fingerprint density at radius 1 is 0.700 bits per heavy atom. The molecule has 0 amide bonds. The number of aliphatic hydroxyl groups excluding tert-OH is 4. The van der Waals surface area contributed by atoms with Gasteiger partial charge < -0.3 is 29.9 Å². The number of aliphatic hydroxyl groups is 4. The number of esters is 2. The highest BCUT2D eigenvalue weighted by atomic mass is 16.5. The third kappa shape index (κ3) is 24.3. The van der Waals surface area contributed by atoms with Crippen molar-refractivity contribution in [1.82, 2.24) is 0 Å². The molecule has 0 aliphatic heterocycles. The van der Waals surface area contributed by atoms with Gasteiger partial charge in [-0.2, -0.15) is 0 Å². The van der Waals surface area contributed by atoms with Crippen molar-refractivity contribution in [2.45, 2.75) is 77.4 Å². The summed E-state index contributed by atoms with van der Waals surface area (Å²) < 4.78 is 9.44. The lowest BCUT2D eigenvalue weighted by Crippen LogP contribution is -2.21. The van der Waals surface area contributed by atoms with E-state index in [0.29, 0.717) is 25.7 Å². The van der Waals surface area contributed by atoms with E-state index in [9.17, 15) is 9.59 Å². The first-order valence-corrected chi connectivity index (χ1v) is 10.6. The number of hydrogen-bond acceptors (Lipinski definition) is 8. The van der Waals surface area contributed by atoms with Crippen molar-refractivity contribution in [3.8, 4) is 0 Å². The van der Waals surface area contributed by atoms with Gasteiger partial charge in [-0.25, -0.2) is 0 Å². The molecule has 0 saturated heterocycles. The Morgan fingerprint density at radius 3 is 1.33 bits per heavy atom. The number of allylic oxidation sites excluding steroid dienone is 4. The normalized spacial score (nSPS) is 13.0. The molecule has 0 aromatic heterocycles. The van der Waals surface area contributed by atoms with Crippen LogP contribution in [0.15, 0.2) is 24.3 Å². The van der Waals surface area contributed by atoms with Crippen molar-refractivity contribution in [1.29, 1.82) is 0 Å². The van der Waals surface area contributed by atoms with Crippen LogP contribution < -0.4 is 0 Å². The molecule has 0 fully saturated rings. The molecule has 0 saturated carbocycles. The average molecular weight is 433 g/mol. The molecule has 4 N–H and O–H groups in total. The van der Waals surface area contributed by atoms with Crippen LogP contribution in [0, 0.1) is 0 Å². The number of ether oxygens (including phenoxy) is 2. The first kappa shape index (κ1) is 30.5. The van der Waals surface area contributed by atoms with Crippen LogP contribution in [0.1, 0.15) is 65.2 Å². The zero-order valence-electron chi connectivity index (χ0n) is 18.4. The van der Waals surface area contributed by atoms with Gasteiger partial charge in [-0.1, -0.05) is 51.0 Å². The number of hydrogen-bond donors (Lipinski definition) is 4. The minimum atomic E-state index is -0.968. The third-order valence-corrected chi connectivity index (χ3v) is 3.57. The van der Waals surface area contributed by atoms with E-state index in [-0.39, 0.29) is 38.4 Å². The van der Waals surface area contributed by atoms with Gasteiger partial charge in [-0.3, -0.25) is 9.59 Å². The van der Waals surface area contributed by atoms with E-state index in [1.165, 1.54) is 0 Å². The van der Waals surface area contributed by atoms with Crippen LogP contribution >= 0.6 is 0 Å². The summed E-state index contributed by atoms with van der Waals surface area (Å²) in [6, 6.07) is 0. The van der Waals surface area contributed by atoms with Crippen LogP contribution in [0.5, 0.6) is 0 Å². The summed E-state index contributed by atoms with van der Waals surface area (Å²) in [5.41, 5.74) is 0. The van der Waals surface area contributed by atoms with Gasteiger partial charge in [0.2, 0.25) is 0 Å². The van der Waals surface area contributed by atoms with Crippen LogP contribution in [0.25, 0.3) is 0 Å². The molecular weight excluding hydrogens is 392 g/mol. The van der Waals surface area contributed by atoms with Crippen molar-refractivity contribution in [3.05, 3.63) is 24.3 Å². The highest BCUT2D eigenvalue weighted by Gasteiger charge is 2.07. The molecule has 0 aromatic carbocycles. The lowest BCUT2D eigenvalue weighted by atomic mass is 10.2. The molecular formula is C22H40O8. The predicted molar refractivity (Wildman–Crippen MR) is 115 cm³/mol. The smallest absolute Gasteiger partial charge is 0.306 e. The van der Waals surface area contributed by atoms with Crippen LogP contribution in [-0.2, 0) is 19.1 Å². The van der Waals surface area contributed by atoms with Crippen molar-refractivity contribution in [2.75, 3.05) is 26.4 Å². The summed E-state index contributed by atoms with van der Waals surface area (Å²) in [4.78, 5) is 22.1. The van der Waals surface area contributed by atoms with E-state index >= 15 is 0 Å². The molecule has 2 unspecified atom stereocenters. The summed E-state index contributed by atoms with van der Waals surface area (Å²) in [5.74, 6) is -0.688. The Balaban J connectivity index is 0. The minimum Gasteiger partial charge on any atom is -0.463 e. The van der Waals surface area contributed by atoms with E-state index in [4.69, 9.17) is 29.9 Å². The number of carbonyl (C=O) groups excluding carboxylic acids is 2. The maximum Gasteiger partial charge on any atom is 0.306 e. The Labute approximate surface area is 180 Å². The molecule has 2 atom stereocenters. The van der Waals surface area contributed by atoms with Gasteiger partial charge in [-0.05, 0) is 25.7 Å². The molecule has 0 rings (SSSR count). The molecule has 0 radical (unpaired) electrons. The van der Waals surface area contributed by atoms with Gasteiger partial charge in [0.1, 0.15) is 25.4 Å². The summed E-state index contributed by atoms with van der Waals surface area (Å²) >= 11 is 0. The highest BCUT2D eigenvalue weighted by molar-refractivity contribution is 5.69. The van der Waals surface area contributed by atoms with Gasteiger partial charge in [0, 0.05) is 12.8 Å². The second-order valence-electron chi connectivity index (χ2n) is 6.64. The van der Waals surface area contributed by atoms with Crippen LogP contribution in [-0.4, -0.2) is 71.0 Å². The molecule has 30 heavy (non-hydrogen) atoms. The third-order valence-electron chi connectivity index (χ3n) is 3.57. The Hall–Kier alpha value is -1.74. The van der Waals surface area contributed by atoms with Crippen molar-refractivity contribution >= 4 is 11.9 Å². The van der Waals surface area contributed by atoms with Crippen molar-refractivity contribution in [2.24, 2.45) is 0 Å². The lowest BCUT2D eigenvalue weighted by Gasteiger charge is -2.07. The lowest BCUT2D eigenvalue weighted by molar-refractivity contribution is -0.148. The molecule has 0 heterocycles. The minimum absolute atomic E-state index is 0.131. The fraction of sp³-hybridized carbons (Fsp3) is 0.727. The summed E-state index contributed by atoms with van der Waals surface area (Å²) in [6.07, 6.45) is 12.3. The van der Waals surface area contributed by atoms with Crippen LogP contribution in [0.3, 0.4) is 0 Å². The standard InChI is InChI=1S/2C11H20O4/c2*1-2-3-4-5-6-7-11(14)15-9-10(13)8-12/h2*4-5,10,12-13H,2-3,6-9H2,1H3/b5-4+;5-4-. The second kappa shape index (κ2) is 23.5. The second-order valence-corrected chi connectivity index (χ2v) is 6.64. The predicted octanol–water partition coefficient (Wildman–Crippen LogP) is 2.04. The van der Waals surface area contributed by atoms with Crippen molar-refractivity contribution in [3.63, 3.8) is 0 Å². The van der Waals surface area contributed by atoms with E-state index in [1.54, 1.807) is 0 Å². The molecule has 0 aliphatic rings. The fourth-order valence-corrected chi connectivity index (χ4v) is 1.84. The molecule has 8 heteroatoms. The maximum absolute atomic E-state index is 11.0. The maximum atomic E-state index is 11.0. The van der Waals surface area contributed by atoms with E-state index in [1.807, 2.05) is 24.3 Å². The van der Waals surface area contributed by atoms with E-state index in [2.05, 4.69) is 13.8 Å². The Bertz CT molecular complexity index is 420. The zero-order chi connectivity index (χ0) is 23.0. The van der Waals surface area contributed by atoms with Crippen molar-refractivity contribution < 1.29 is 39.5 Å². The summed E-state index contributed by atoms with van der Waals surface area (Å²) in [6.45, 7) is 3.15. The first-order valence-electron chi connectivity index (χ1n) is 10.6. The van der Waals surface area contributed by atoms with Gasteiger partial charge in [0.25, 0.3) is 0 Å².